The molecule has 9 heteroatoms. The Kier molecular flexibility index (Phi) is 7.62. The molecule has 1 aromatic carbocycles. The average molecular weight is 444 g/mol. The van der Waals surface area contributed by atoms with E-state index in [2.05, 4.69) is 4.90 Å². The first-order chi connectivity index (χ1) is 13.9. The predicted octanol–water partition coefficient (Wildman–Crippen LogP) is 2.27. The number of aliphatic hydroxyl groups is 1. The fourth-order valence-electron chi connectivity index (χ4n) is 4.10. The zero-order chi connectivity index (χ0) is 21.0. The minimum absolute atomic E-state index is 0.0597. The minimum atomic E-state index is -0.491. The second-order valence-electron chi connectivity index (χ2n) is 7.59. The number of rotatable bonds is 5. The van der Waals surface area contributed by atoms with Gasteiger partial charge in [0.15, 0.2) is 0 Å². The summed E-state index contributed by atoms with van der Waals surface area (Å²) >= 11 is 12.1. The first kappa shape index (κ1) is 22.2. The summed E-state index contributed by atoms with van der Waals surface area (Å²) in [6, 6.07) is 4.52. The Morgan fingerprint density at radius 1 is 1.10 bits per heavy atom. The number of carbonyl (C=O) groups is 2. The smallest absolute Gasteiger partial charge is 0.409 e. The molecule has 0 saturated carbocycles. The molecule has 2 amide bonds. The van der Waals surface area contributed by atoms with E-state index in [0.29, 0.717) is 23.1 Å². The lowest BCUT2D eigenvalue weighted by Gasteiger charge is -2.46. The average Bonchev–Trinajstić information content (AvgIpc) is 3.22. The van der Waals surface area contributed by atoms with Crippen LogP contribution in [0.2, 0.25) is 10.0 Å². The van der Waals surface area contributed by atoms with Crippen molar-refractivity contribution in [2.24, 2.45) is 0 Å². The molecule has 2 aliphatic heterocycles. The molecule has 3 rings (SSSR count). The highest BCUT2D eigenvalue weighted by Crippen LogP contribution is 2.24. The lowest BCUT2D eigenvalue weighted by molar-refractivity contribution is -0.138. The highest BCUT2D eigenvalue weighted by molar-refractivity contribution is 6.42. The Morgan fingerprint density at radius 3 is 2.41 bits per heavy atom. The van der Waals surface area contributed by atoms with Gasteiger partial charge in [-0.3, -0.25) is 9.69 Å². The van der Waals surface area contributed by atoms with Crippen LogP contribution in [-0.4, -0.2) is 90.3 Å². The van der Waals surface area contributed by atoms with Crippen LogP contribution in [0.3, 0.4) is 0 Å². The van der Waals surface area contributed by atoms with E-state index in [1.165, 1.54) is 12.0 Å². The lowest BCUT2D eigenvalue weighted by atomic mass is 10.0. The number of hydrogen-bond donors (Lipinski definition) is 1. The Morgan fingerprint density at radius 2 is 1.79 bits per heavy atom. The van der Waals surface area contributed by atoms with E-state index in [1.54, 1.807) is 23.1 Å². The molecule has 2 unspecified atom stereocenters. The Bertz CT molecular complexity index is 742. The maximum Gasteiger partial charge on any atom is 0.409 e. The number of methoxy groups -OCH3 is 1. The molecule has 29 heavy (non-hydrogen) atoms. The van der Waals surface area contributed by atoms with E-state index in [9.17, 15) is 14.7 Å². The van der Waals surface area contributed by atoms with Gasteiger partial charge in [-0.1, -0.05) is 29.3 Å². The van der Waals surface area contributed by atoms with E-state index >= 15 is 0 Å². The van der Waals surface area contributed by atoms with Gasteiger partial charge in [0.25, 0.3) is 0 Å². The molecule has 0 aromatic heterocycles. The van der Waals surface area contributed by atoms with Gasteiger partial charge in [0.05, 0.1) is 42.3 Å². The monoisotopic (exact) mass is 443 g/mol. The van der Waals surface area contributed by atoms with Gasteiger partial charge >= 0.3 is 6.09 Å². The van der Waals surface area contributed by atoms with Crippen LogP contribution in [-0.2, 0) is 16.0 Å². The largest absolute Gasteiger partial charge is 0.453 e. The van der Waals surface area contributed by atoms with Crippen molar-refractivity contribution in [3.8, 4) is 0 Å². The standard InChI is InChI=1S/C20H27Cl2N3O4/c1-29-20(28)25-11-15(10-23-6-2-3-7-23)24(12-16(25)13-26)19(27)9-14-4-5-17(21)18(22)8-14/h4-5,8,15-16,26H,2-3,6-7,9-13H2,1H3. The van der Waals surface area contributed by atoms with E-state index in [0.717, 1.165) is 31.5 Å². The third-order valence-corrected chi connectivity index (χ3v) is 6.38. The number of halogens is 2. The van der Waals surface area contributed by atoms with Crippen molar-refractivity contribution in [3.05, 3.63) is 33.8 Å². The molecular weight excluding hydrogens is 417 g/mol. The quantitative estimate of drug-likeness (QED) is 0.755. The number of aliphatic hydroxyl groups excluding tert-OH is 1. The van der Waals surface area contributed by atoms with Crippen molar-refractivity contribution in [2.45, 2.75) is 31.3 Å². The third kappa shape index (κ3) is 5.34. The third-order valence-electron chi connectivity index (χ3n) is 5.64. The van der Waals surface area contributed by atoms with E-state index in [-0.39, 0.29) is 31.5 Å². The van der Waals surface area contributed by atoms with Crippen molar-refractivity contribution in [1.82, 2.24) is 14.7 Å². The zero-order valence-electron chi connectivity index (χ0n) is 16.5. The van der Waals surface area contributed by atoms with Gasteiger partial charge < -0.3 is 19.6 Å². The molecule has 0 bridgehead atoms. The van der Waals surface area contributed by atoms with Crippen LogP contribution >= 0.6 is 23.2 Å². The second-order valence-corrected chi connectivity index (χ2v) is 8.41. The number of likely N-dealkylation sites (tertiary alicyclic amines) is 1. The first-order valence-corrected chi connectivity index (χ1v) is 10.6. The summed E-state index contributed by atoms with van der Waals surface area (Å²) in [7, 11) is 1.33. The summed E-state index contributed by atoms with van der Waals surface area (Å²) < 4.78 is 4.89. The number of hydrogen-bond acceptors (Lipinski definition) is 5. The van der Waals surface area contributed by atoms with Crippen LogP contribution < -0.4 is 0 Å². The molecule has 2 heterocycles. The molecule has 1 aromatic rings. The minimum Gasteiger partial charge on any atom is -0.453 e. The Balaban J connectivity index is 1.78. The van der Waals surface area contributed by atoms with E-state index in [1.807, 2.05) is 0 Å². The summed E-state index contributed by atoms with van der Waals surface area (Å²) in [4.78, 5) is 31.0. The summed E-state index contributed by atoms with van der Waals surface area (Å²) in [5, 5.41) is 10.7. The molecule has 2 fully saturated rings. The molecule has 160 valence electrons. The molecule has 7 nitrogen and oxygen atoms in total. The van der Waals surface area contributed by atoms with Crippen LogP contribution in [0, 0.1) is 0 Å². The molecule has 0 aliphatic carbocycles. The maximum absolute atomic E-state index is 13.2. The van der Waals surface area contributed by atoms with Gasteiger partial charge in [-0.15, -0.1) is 0 Å². The van der Waals surface area contributed by atoms with Gasteiger partial charge in [-0.05, 0) is 43.6 Å². The van der Waals surface area contributed by atoms with Crippen molar-refractivity contribution in [1.29, 1.82) is 0 Å². The van der Waals surface area contributed by atoms with Gasteiger partial charge in [0.2, 0.25) is 5.91 Å². The number of piperazine rings is 1. The number of carbonyl (C=O) groups excluding carboxylic acids is 2. The number of amides is 2. The van der Waals surface area contributed by atoms with Crippen molar-refractivity contribution >= 4 is 35.2 Å². The van der Waals surface area contributed by atoms with E-state index < -0.39 is 12.1 Å². The topological polar surface area (TPSA) is 73.3 Å². The summed E-state index contributed by atoms with van der Waals surface area (Å²) in [5.41, 5.74) is 0.778. The Labute approximate surface area is 181 Å². The molecule has 0 radical (unpaired) electrons. The van der Waals surface area contributed by atoms with Crippen molar-refractivity contribution in [2.75, 3.05) is 46.4 Å². The van der Waals surface area contributed by atoms with Crippen LogP contribution in [0.25, 0.3) is 0 Å². The fourth-order valence-corrected chi connectivity index (χ4v) is 4.42. The first-order valence-electron chi connectivity index (χ1n) is 9.84. The fraction of sp³-hybridized carbons (Fsp3) is 0.600. The zero-order valence-corrected chi connectivity index (χ0v) is 18.0. The molecule has 2 atom stereocenters. The number of ether oxygens (including phenoxy) is 1. The molecule has 2 aliphatic rings. The molecule has 0 spiro atoms. The van der Waals surface area contributed by atoms with Crippen LogP contribution in [0.15, 0.2) is 18.2 Å². The Hall–Kier alpha value is -1.54. The highest BCUT2D eigenvalue weighted by atomic mass is 35.5. The van der Waals surface area contributed by atoms with Gasteiger partial charge in [0, 0.05) is 19.6 Å². The molecular formula is C20H27Cl2N3O4. The van der Waals surface area contributed by atoms with Crippen LogP contribution in [0.4, 0.5) is 4.79 Å². The van der Waals surface area contributed by atoms with Crippen molar-refractivity contribution in [3.63, 3.8) is 0 Å². The van der Waals surface area contributed by atoms with Gasteiger partial charge in [-0.2, -0.15) is 0 Å². The highest BCUT2D eigenvalue weighted by Gasteiger charge is 2.39. The molecule has 1 N–H and O–H groups in total. The molecule has 2 saturated heterocycles. The normalized spacial score (nSPS) is 22.8. The summed E-state index contributed by atoms with van der Waals surface area (Å²) in [6.45, 7) is 3.05. The van der Waals surface area contributed by atoms with Crippen LogP contribution in [0.1, 0.15) is 18.4 Å². The maximum atomic E-state index is 13.2. The van der Waals surface area contributed by atoms with Crippen molar-refractivity contribution < 1.29 is 19.4 Å². The summed E-state index contributed by atoms with van der Waals surface area (Å²) in [6.07, 6.45) is 1.99. The SMILES string of the molecule is COC(=O)N1CC(CN2CCCC2)N(C(=O)Cc2ccc(Cl)c(Cl)c2)CC1CO. The predicted molar refractivity (Wildman–Crippen MR) is 111 cm³/mol. The van der Waals surface area contributed by atoms with Gasteiger partial charge in [0.1, 0.15) is 0 Å². The van der Waals surface area contributed by atoms with Gasteiger partial charge in [-0.25, -0.2) is 4.79 Å². The number of nitrogens with zero attached hydrogens (tertiary/aromatic N) is 3. The summed E-state index contributed by atoms with van der Waals surface area (Å²) in [5.74, 6) is -0.0597. The second kappa shape index (κ2) is 9.98. The van der Waals surface area contributed by atoms with Crippen LogP contribution in [0.5, 0.6) is 0 Å². The lowest BCUT2D eigenvalue weighted by Crippen LogP contribution is -2.64. The van der Waals surface area contributed by atoms with E-state index in [4.69, 9.17) is 27.9 Å². The number of benzene rings is 1.